The van der Waals surface area contributed by atoms with E-state index in [-0.39, 0.29) is 22.6 Å². The summed E-state index contributed by atoms with van der Waals surface area (Å²) in [4.78, 5) is 19.1. The van der Waals surface area contributed by atoms with Gasteiger partial charge in [0.05, 0.1) is 47.2 Å². The van der Waals surface area contributed by atoms with Crippen LogP contribution in [0.1, 0.15) is 37.5 Å². The van der Waals surface area contributed by atoms with Crippen molar-refractivity contribution in [1.29, 1.82) is 0 Å². The Labute approximate surface area is 237 Å². The zero-order valence-electron chi connectivity index (χ0n) is 22.4. The lowest BCUT2D eigenvalue weighted by molar-refractivity contribution is -0.143. The van der Waals surface area contributed by atoms with Crippen molar-refractivity contribution in [3.63, 3.8) is 0 Å². The normalized spacial score (nSPS) is 14.0. The van der Waals surface area contributed by atoms with Crippen LogP contribution in [0.25, 0.3) is 11.1 Å². The quantitative estimate of drug-likeness (QED) is 0.255. The van der Waals surface area contributed by atoms with Gasteiger partial charge < -0.3 is 20.4 Å². The van der Waals surface area contributed by atoms with E-state index >= 15 is 0 Å². The molecule has 0 aliphatic rings. The van der Waals surface area contributed by atoms with Gasteiger partial charge in [0.2, 0.25) is 5.91 Å². The van der Waals surface area contributed by atoms with Crippen molar-refractivity contribution in [2.75, 3.05) is 23.9 Å². The van der Waals surface area contributed by atoms with Gasteiger partial charge in [0.1, 0.15) is 5.82 Å². The predicted molar refractivity (Wildman–Crippen MR) is 144 cm³/mol. The molecule has 222 valence electrons. The first-order valence-corrected chi connectivity index (χ1v) is 12.6. The van der Waals surface area contributed by atoms with Crippen LogP contribution in [0.4, 0.5) is 37.8 Å². The summed E-state index contributed by atoms with van der Waals surface area (Å²) < 4.78 is 81.1. The summed E-state index contributed by atoms with van der Waals surface area (Å²) in [6, 6.07) is 8.38. The van der Waals surface area contributed by atoms with E-state index in [2.05, 4.69) is 10.3 Å². The number of pyridine rings is 1. The monoisotopic (exact) mass is 603 g/mol. The third-order valence-electron chi connectivity index (χ3n) is 6.67. The topological polar surface area (TPSA) is 85.7 Å². The minimum Gasteiger partial charge on any atom is -0.394 e. The van der Waals surface area contributed by atoms with E-state index in [1.54, 1.807) is 24.3 Å². The summed E-state index contributed by atoms with van der Waals surface area (Å²) >= 11 is 6.42. The molecule has 0 bridgehead atoms. The number of likely N-dealkylation sites (N-methyl/N-ethyl adjacent to an activating group) is 1. The maximum absolute atomic E-state index is 13.8. The second kappa shape index (κ2) is 11.9. The summed E-state index contributed by atoms with van der Waals surface area (Å²) in [7, 11) is 1.32. The molecule has 0 saturated carbocycles. The number of nitrogens with one attached hydrogen (secondary N) is 1. The molecular weight excluding hydrogens is 576 g/mol. The van der Waals surface area contributed by atoms with Crippen LogP contribution in [0, 0.1) is 0 Å². The van der Waals surface area contributed by atoms with Gasteiger partial charge in [-0.15, -0.1) is 0 Å². The number of hydrogen-bond donors (Lipinski definition) is 3. The Morgan fingerprint density at radius 1 is 0.976 bits per heavy atom. The van der Waals surface area contributed by atoms with Gasteiger partial charge >= 0.3 is 12.4 Å². The van der Waals surface area contributed by atoms with Crippen molar-refractivity contribution < 1.29 is 41.4 Å². The van der Waals surface area contributed by atoms with E-state index < -0.39 is 59.1 Å². The number of hydrogen-bond acceptors (Lipinski definition) is 5. The first kappa shape index (κ1) is 32.2. The highest BCUT2D eigenvalue weighted by atomic mass is 35.5. The molecule has 2 aromatic carbocycles. The Hall–Kier alpha value is -3.35. The minimum atomic E-state index is -5.08. The van der Waals surface area contributed by atoms with E-state index in [1.807, 2.05) is 0 Å². The van der Waals surface area contributed by atoms with Gasteiger partial charge in [-0.2, -0.15) is 26.3 Å². The average molecular weight is 604 g/mol. The van der Waals surface area contributed by atoms with E-state index in [1.165, 1.54) is 40.1 Å². The SMILES string of the molecule is C[C@@H](O)[C@H](CO)Nc1cc(-c2ccccc2Cl)c(N(C)C(=O)C(C)(C)c2cc(C(F)(F)F)cc(C(F)(F)F)c2)cn1. The fourth-order valence-electron chi connectivity index (χ4n) is 4.17. The molecular formula is C28H28ClF6N3O3. The Morgan fingerprint density at radius 3 is 2.00 bits per heavy atom. The number of rotatable bonds is 8. The van der Waals surface area contributed by atoms with Crippen LogP contribution in [-0.2, 0) is 22.6 Å². The molecule has 0 saturated heterocycles. The van der Waals surface area contributed by atoms with Crippen molar-refractivity contribution in [1.82, 2.24) is 4.98 Å². The number of alkyl halides is 6. The van der Waals surface area contributed by atoms with Crippen LogP contribution in [0.5, 0.6) is 0 Å². The van der Waals surface area contributed by atoms with Crippen molar-refractivity contribution >= 4 is 29.0 Å². The van der Waals surface area contributed by atoms with Gasteiger partial charge in [0.25, 0.3) is 0 Å². The van der Waals surface area contributed by atoms with E-state index in [4.69, 9.17) is 11.6 Å². The molecule has 6 nitrogen and oxygen atoms in total. The first-order valence-electron chi connectivity index (χ1n) is 12.3. The molecule has 0 aliphatic heterocycles. The van der Waals surface area contributed by atoms with E-state index in [0.29, 0.717) is 23.3 Å². The van der Waals surface area contributed by atoms with Crippen molar-refractivity contribution in [3.8, 4) is 11.1 Å². The number of nitrogens with zero attached hydrogens (tertiary/aromatic N) is 2. The summed E-state index contributed by atoms with van der Waals surface area (Å²) in [5.74, 6) is -0.616. The molecule has 1 amide bonds. The van der Waals surface area contributed by atoms with Crippen LogP contribution in [-0.4, -0.2) is 46.9 Å². The summed E-state index contributed by atoms with van der Waals surface area (Å²) in [5, 5.41) is 22.6. The number of aliphatic hydroxyl groups excluding tert-OH is 2. The van der Waals surface area contributed by atoms with Gasteiger partial charge in [0, 0.05) is 23.2 Å². The number of aromatic nitrogens is 1. The van der Waals surface area contributed by atoms with Crippen LogP contribution >= 0.6 is 11.6 Å². The molecule has 0 unspecified atom stereocenters. The smallest absolute Gasteiger partial charge is 0.394 e. The zero-order chi connectivity index (χ0) is 30.9. The van der Waals surface area contributed by atoms with Crippen LogP contribution in [0.3, 0.4) is 0 Å². The zero-order valence-corrected chi connectivity index (χ0v) is 23.2. The fraction of sp³-hybridized carbons (Fsp3) is 0.357. The molecule has 3 rings (SSSR count). The second-order valence-corrected chi connectivity index (χ2v) is 10.4. The number of carbonyl (C=O) groups is 1. The van der Waals surface area contributed by atoms with E-state index in [0.717, 1.165) is 4.90 Å². The van der Waals surface area contributed by atoms with Crippen LogP contribution in [0.15, 0.2) is 54.7 Å². The molecule has 3 N–H and O–H groups in total. The summed E-state index contributed by atoms with van der Waals surface area (Å²) in [6.07, 6.45) is -9.84. The number of halogens is 7. The van der Waals surface area contributed by atoms with Gasteiger partial charge in [-0.1, -0.05) is 29.8 Å². The molecule has 13 heteroatoms. The molecule has 2 atom stereocenters. The van der Waals surface area contributed by atoms with Gasteiger partial charge in [-0.05, 0) is 56.7 Å². The fourth-order valence-corrected chi connectivity index (χ4v) is 4.40. The molecule has 1 aromatic heterocycles. The average Bonchev–Trinajstić information content (AvgIpc) is 2.89. The standard InChI is InChI=1S/C28H28ClF6N3O3/c1-15(40)22(14-39)37-24-12-20(19-7-5-6-8-21(19)29)23(13-36-24)38(4)25(41)26(2,3)16-9-17(27(30,31)32)11-18(10-16)28(33,34)35/h5-13,15,22,39-40H,14H2,1-4H3,(H,36,37)/t15-,22+/m1/s1. The Bertz CT molecular complexity index is 1380. The number of anilines is 2. The number of amides is 1. The Morgan fingerprint density at radius 2 is 1.51 bits per heavy atom. The molecule has 0 radical (unpaired) electrons. The highest BCUT2D eigenvalue weighted by molar-refractivity contribution is 6.33. The maximum atomic E-state index is 13.8. The minimum absolute atomic E-state index is 0.00576. The second-order valence-electron chi connectivity index (χ2n) is 10.0. The highest BCUT2D eigenvalue weighted by Crippen LogP contribution is 2.41. The largest absolute Gasteiger partial charge is 0.416 e. The van der Waals surface area contributed by atoms with Crippen molar-refractivity contribution in [2.45, 2.75) is 50.7 Å². The van der Waals surface area contributed by atoms with Gasteiger partial charge in [-0.3, -0.25) is 4.79 Å². The van der Waals surface area contributed by atoms with Crippen LogP contribution in [0.2, 0.25) is 5.02 Å². The Balaban J connectivity index is 2.14. The lowest BCUT2D eigenvalue weighted by Crippen LogP contribution is -2.42. The first-order chi connectivity index (χ1) is 18.9. The van der Waals surface area contributed by atoms with Crippen LogP contribution < -0.4 is 10.2 Å². The molecule has 41 heavy (non-hydrogen) atoms. The summed E-state index contributed by atoms with van der Waals surface area (Å²) in [5.41, 5.74) is -4.44. The van der Waals surface area contributed by atoms with Crippen molar-refractivity contribution in [3.05, 3.63) is 76.4 Å². The van der Waals surface area contributed by atoms with Gasteiger partial charge in [-0.25, -0.2) is 4.98 Å². The Kier molecular flexibility index (Phi) is 9.31. The van der Waals surface area contributed by atoms with E-state index in [9.17, 15) is 41.4 Å². The predicted octanol–water partition coefficient (Wildman–Crippen LogP) is 6.53. The maximum Gasteiger partial charge on any atom is 0.416 e. The van der Waals surface area contributed by atoms with Crippen molar-refractivity contribution in [2.24, 2.45) is 0 Å². The third kappa shape index (κ3) is 7.11. The molecule has 3 aromatic rings. The highest BCUT2D eigenvalue weighted by Gasteiger charge is 2.41. The molecule has 0 spiro atoms. The summed E-state index contributed by atoms with van der Waals surface area (Å²) in [6.45, 7) is 3.50. The molecule has 1 heterocycles. The van der Waals surface area contributed by atoms with Gasteiger partial charge in [0.15, 0.2) is 0 Å². The lowest BCUT2D eigenvalue weighted by Gasteiger charge is -2.32. The third-order valence-corrected chi connectivity index (χ3v) is 7.00. The number of benzene rings is 2. The number of carbonyl (C=O) groups excluding carboxylic acids is 1. The molecule has 0 fully saturated rings. The molecule has 0 aliphatic carbocycles. The lowest BCUT2D eigenvalue weighted by atomic mass is 9.81. The number of aliphatic hydroxyl groups is 2.